The molecule has 1 fully saturated rings. The van der Waals surface area contributed by atoms with Gasteiger partial charge in [-0.1, -0.05) is 42.5 Å². The summed E-state index contributed by atoms with van der Waals surface area (Å²) < 4.78 is 5.90. The number of rotatable bonds is 4. The van der Waals surface area contributed by atoms with Crippen LogP contribution in [0, 0.1) is 0 Å². The molecule has 20 heavy (non-hydrogen) atoms. The molecule has 0 bridgehead atoms. The predicted molar refractivity (Wildman–Crippen MR) is 82.1 cm³/mol. The van der Waals surface area contributed by atoms with Gasteiger partial charge >= 0.3 is 0 Å². The Kier molecular flexibility index (Phi) is 4.34. The molecule has 1 atom stereocenters. The first-order chi connectivity index (χ1) is 9.92. The summed E-state index contributed by atoms with van der Waals surface area (Å²) in [5, 5.41) is 3.47. The molecule has 104 valence electrons. The van der Waals surface area contributed by atoms with Gasteiger partial charge in [-0.2, -0.15) is 0 Å². The molecule has 1 N–H and O–H groups in total. The third kappa shape index (κ3) is 3.40. The first kappa shape index (κ1) is 13.2. The predicted octanol–water partition coefficient (Wildman–Crippen LogP) is 3.73. The smallest absolute Gasteiger partial charge is 0.120 e. The summed E-state index contributed by atoms with van der Waals surface area (Å²) in [6, 6.07) is 18.9. The first-order valence-corrected chi connectivity index (χ1v) is 7.39. The average molecular weight is 267 g/mol. The molecule has 0 amide bonds. The van der Waals surface area contributed by atoms with Crippen LogP contribution in [-0.4, -0.2) is 13.1 Å². The molecule has 0 aromatic heterocycles. The van der Waals surface area contributed by atoms with Crippen LogP contribution >= 0.6 is 0 Å². The number of hydrogen-bond acceptors (Lipinski definition) is 2. The molecular weight excluding hydrogens is 246 g/mol. The molecule has 2 heteroatoms. The molecule has 2 aromatic rings. The van der Waals surface area contributed by atoms with E-state index in [1.54, 1.807) is 0 Å². The van der Waals surface area contributed by atoms with Gasteiger partial charge in [-0.3, -0.25) is 0 Å². The summed E-state index contributed by atoms with van der Waals surface area (Å²) >= 11 is 0. The molecular formula is C18H21NO. The van der Waals surface area contributed by atoms with E-state index in [-0.39, 0.29) is 0 Å². The monoisotopic (exact) mass is 267 g/mol. The number of nitrogens with one attached hydrogen (secondary N) is 1. The SMILES string of the molecule is c1ccc(COc2cccc([C@@H]3CCCNC3)c2)cc1. The Morgan fingerprint density at radius 2 is 1.95 bits per heavy atom. The van der Waals surface area contributed by atoms with Crippen LogP contribution in [-0.2, 0) is 6.61 Å². The van der Waals surface area contributed by atoms with Crippen LogP contribution < -0.4 is 10.1 Å². The summed E-state index contributed by atoms with van der Waals surface area (Å²) in [6.07, 6.45) is 2.54. The first-order valence-electron chi connectivity index (χ1n) is 7.39. The summed E-state index contributed by atoms with van der Waals surface area (Å²) in [5.74, 6) is 1.60. The van der Waals surface area contributed by atoms with Gasteiger partial charge in [0.1, 0.15) is 12.4 Å². The van der Waals surface area contributed by atoms with E-state index in [4.69, 9.17) is 4.74 Å². The molecule has 1 saturated heterocycles. The fourth-order valence-electron chi connectivity index (χ4n) is 2.74. The molecule has 2 nitrogen and oxygen atoms in total. The summed E-state index contributed by atoms with van der Waals surface area (Å²) in [7, 11) is 0. The zero-order valence-corrected chi connectivity index (χ0v) is 11.7. The maximum atomic E-state index is 5.90. The lowest BCUT2D eigenvalue weighted by Crippen LogP contribution is -2.28. The quantitative estimate of drug-likeness (QED) is 0.911. The Morgan fingerprint density at radius 1 is 1.05 bits per heavy atom. The highest BCUT2D eigenvalue weighted by atomic mass is 16.5. The fourth-order valence-corrected chi connectivity index (χ4v) is 2.74. The maximum Gasteiger partial charge on any atom is 0.120 e. The summed E-state index contributed by atoms with van der Waals surface area (Å²) in [5.41, 5.74) is 2.60. The second-order valence-electron chi connectivity index (χ2n) is 5.39. The van der Waals surface area contributed by atoms with E-state index < -0.39 is 0 Å². The molecule has 0 saturated carbocycles. The Hall–Kier alpha value is -1.80. The van der Waals surface area contributed by atoms with E-state index in [2.05, 4.69) is 35.6 Å². The van der Waals surface area contributed by atoms with E-state index in [9.17, 15) is 0 Å². The molecule has 0 spiro atoms. The third-order valence-electron chi connectivity index (χ3n) is 3.87. The number of piperidine rings is 1. The van der Waals surface area contributed by atoms with Crippen LogP contribution in [0.5, 0.6) is 5.75 Å². The van der Waals surface area contributed by atoms with Crippen LogP contribution in [0.3, 0.4) is 0 Å². The highest BCUT2D eigenvalue weighted by Crippen LogP contribution is 2.26. The Morgan fingerprint density at radius 3 is 2.75 bits per heavy atom. The molecule has 0 unspecified atom stereocenters. The minimum absolute atomic E-state index is 0.629. The minimum Gasteiger partial charge on any atom is -0.489 e. The van der Waals surface area contributed by atoms with Crippen molar-refractivity contribution in [3.63, 3.8) is 0 Å². The van der Waals surface area contributed by atoms with Crippen molar-refractivity contribution in [2.75, 3.05) is 13.1 Å². The molecule has 2 aromatic carbocycles. The topological polar surface area (TPSA) is 21.3 Å². The van der Waals surface area contributed by atoms with Crippen molar-refractivity contribution in [2.24, 2.45) is 0 Å². The second-order valence-corrected chi connectivity index (χ2v) is 5.39. The van der Waals surface area contributed by atoms with Gasteiger partial charge in [-0.25, -0.2) is 0 Å². The average Bonchev–Trinajstić information content (AvgIpc) is 2.55. The Labute approximate surface area is 120 Å². The van der Waals surface area contributed by atoms with Crippen molar-refractivity contribution in [1.82, 2.24) is 5.32 Å². The highest BCUT2D eigenvalue weighted by Gasteiger charge is 2.15. The van der Waals surface area contributed by atoms with E-state index in [1.807, 2.05) is 24.3 Å². The maximum absolute atomic E-state index is 5.90. The molecule has 3 rings (SSSR count). The van der Waals surface area contributed by atoms with Gasteiger partial charge in [0.25, 0.3) is 0 Å². The second kappa shape index (κ2) is 6.58. The van der Waals surface area contributed by atoms with Crippen molar-refractivity contribution >= 4 is 0 Å². The van der Waals surface area contributed by atoms with Crippen LogP contribution in [0.15, 0.2) is 54.6 Å². The van der Waals surface area contributed by atoms with Crippen molar-refractivity contribution in [1.29, 1.82) is 0 Å². The minimum atomic E-state index is 0.629. The van der Waals surface area contributed by atoms with Crippen LogP contribution in [0.1, 0.15) is 29.9 Å². The van der Waals surface area contributed by atoms with Gasteiger partial charge < -0.3 is 10.1 Å². The van der Waals surface area contributed by atoms with E-state index in [0.29, 0.717) is 12.5 Å². The van der Waals surface area contributed by atoms with Gasteiger partial charge in [-0.15, -0.1) is 0 Å². The third-order valence-corrected chi connectivity index (χ3v) is 3.87. The van der Waals surface area contributed by atoms with Gasteiger partial charge in [0.2, 0.25) is 0 Å². The van der Waals surface area contributed by atoms with E-state index in [1.165, 1.54) is 24.0 Å². The Balaban J connectivity index is 1.65. The number of ether oxygens (including phenoxy) is 1. The van der Waals surface area contributed by atoms with Gasteiger partial charge in [0, 0.05) is 6.54 Å². The van der Waals surface area contributed by atoms with Crippen molar-refractivity contribution < 1.29 is 4.74 Å². The number of hydrogen-bond donors (Lipinski definition) is 1. The number of benzene rings is 2. The van der Waals surface area contributed by atoms with Crippen molar-refractivity contribution in [3.8, 4) is 5.75 Å². The lowest BCUT2D eigenvalue weighted by molar-refractivity contribution is 0.305. The highest BCUT2D eigenvalue weighted by molar-refractivity contribution is 5.31. The largest absolute Gasteiger partial charge is 0.489 e. The zero-order chi connectivity index (χ0) is 13.6. The summed E-state index contributed by atoms with van der Waals surface area (Å²) in [4.78, 5) is 0. The van der Waals surface area contributed by atoms with Crippen LogP contribution in [0.4, 0.5) is 0 Å². The van der Waals surface area contributed by atoms with E-state index >= 15 is 0 Å². The Bertz CT molecular complexity index is 532. The molecule has 0 radical (unpaired) electrons. The molecule has 1 aliphatic heterocycles. The zero-order valence-electron chi connectivity index (χ0n) is 11.7. The standard InChI is InChI=1S/C18H21NO/c1-2-6-15(7-3-1)14-20-18-10-4-8-16(12-18)17-9-5-11-19-13-17/h1-4,6-8,10,12,17,19H,5,9,11,13-14H2/t17-/m1/s1. The van der Waals surface area contributed by atoms with Crippen LogP contribution in [0.2, 0.25) is 0 Å². The fraction of sp³-hybridized carbons (Fsp3) is 0.333. The normalized spacial score (nSPS) is 18.7. The molecule has 0 aliphatic carbocycles. The lowest BCUT2D eigenvalue weighted by Gasteiger charge is -2.23. The van der Waals surface area contributed by atoms with Gasteiger partial charge in [0.15, 0.2) is 0 Å². The van der Waals surface area contributed by atoms with E-state index in [0.717, 1.165) is 18.8 Å². The van der Waals surface area contributed by atoms with Crippen molar-refractivity contribution in [2.45, 2.75) is 25.4 Å². The molecule has 1 heterocycles. The lowest BCUT2D eigenvalue weighted by atomic mass is 9.92. The van der Waals surface area contributed by atoms with Gasteiger partial charge in [0.05, 0.1) is 0 Å². The van der Waals surface area contributed by atoms with Crippen molar-refractivity contribution in [3.05, 3.63) is 65.7 Å². The summed E-state index contributed by atoms with van der Waals surface area (Å²) in [6.45, 7) is 2.87. The molecule has 1 aliphatic rings. The van der Waals surface area contributed by atoms with Crippen LogP contribution in [0.25, 0.3) is 0 Å². The van der Waals surface area contributed by atoms with Gasteiger partial charge in [-0.05, 0) is 48.6 Å².